The summed E-state index contributed by atoms with van der Waals surface area (Å²) >= 11 is 0. The van der Waals surface area contributed by atoms with Crippen LogP contribution < -0.4 is 10.2 Å². The van der Waals surface area contributed by atoms with E-state index >= 15 is 0 Å². The predicted octanol–water partition coefficient (Wildman–Crippen LogP) is 5.82. The number of Topliss-reactive ketones (excluding diaryl/α,β-unsaturated/α-hetero) is 2. The lowest BCUT2D eigenvalue weighted by Gasteiger charge is -2.33. The van der Waals surface area contributed by atoms with Crippen LogP contribution in [0.2, 0.25) is 0 Å². The molecule has 1 saturated heterocycles. The van der Waals surface area contributed by atoms with Crippen LogP contribution in [-0.4, -0.2) is 41.4 Å². The molecule has 3 N–H and O–H groups in total. The van der Waals surface area contributed by atoms with E-state index in [-0.39, 0.29) is 18.2 Å². The molecule has 4 aromatic rings. The van der Waals surface area contributed by atoms with Crippen LogP contribution in [0, 0.1) is 5.92 Å². The number of carbonyl (C=O) groups excluding carboxylic acids is 2. The average Bonchev–Trinajstić information content (AvgIpc) is 3.51. The second kappa shape index (κ2) is 11.9. The summed E-state index contributed by atoms with van der Waals surface area (Å²) in [6.07, 6.45) is 4.61. The number of carbonyl (C=O) groups is 2. The van der Waals surface area contributed by atoms with Gasteiger partial charge in [-0.15, -0.1) is 0 Å². The Labute approximate surface area is 223 Å². The molecular weight excluding hydrogens is 474 g/mol. The van der Waals surface area contributed by atoms with Crippen LogP contribution >= 0.6 is 0 Å². The van der Waals surface area contributed by atoms with Crippen LogP contribution in [-0.2, 0) is 12.8 Å². The summed E-state index contributed by atoms with van der Waals surface area (Å²) in [6.45, 7) is 2.08. The van der Waals surface area contributed by atoms with E-state index in [1.165, 1.54) is 0 Å². The van der Waals surface area contributed by atoms with Crippen LogP contribution in [0.4, 0.5) is 17.1 Å². The third-order valence-corrected chi connectivity index (χ3v) is 7.16. The number of rotatable bonds is 10. The fraction of sp³-hybridized carbons (Fsp3) is 0.250. The second-order valence-electron chi connectivity index (χ2n) is 9.99. The molecule has 6 heteroatoms. The van der Waals surface area contributed by atoms with E-state index in [0.717, 1.165) is 54.1 Å². The number of benzene rings is 3. The largest absolute Gasteiger partial charge is 0.396 e. The Bertz CT molecular complexity index is 1340. The zero-order valence-corrected chi connectivity index (χ0v) is 21.4. The molecule has 0 radical (unpaired) electrons. The third-order valence-electron chi connectivity index (χ3n) is 7.16. The Hall–Kier alpha value is -4.16. The summed E-state index contributed by atoms with van der Waals surface area (Å²) < 4.78 is 0. The number of nitrogens with one attached hydrogen (secondary N) is 2. The van der Waals surface area contributed by atoms with E-state index < -0.39 is 0 Å². The molecule has 38 heavy (non-hydrogen) atoms. The number of H-pyrrole nitrogens is 1. The molecule has 6 nitrogen and oxygen atoms in total. The van der Waals surface area contributed by atoms with Gasteiger partial charge < -0.3 is 20.3 Å². The SMILES string of the molecule is O=C(Cc1ccc(Nc2ccc(CC(=O)c3ccc[nH]3)cc2)cc1)c1ccc(N2CCCC(CO)C2)cc1. The summed E-state index contributed by atoms with van der Waals surface area (Å²) in [5, 5.41) is 12.9. The zero-order valence-electron chi connectivity index (χ0n) is 21.4. The van der Waals surface area contributed by atoms with Gasteiger partial charge in [0.15, 0.2) is 11.6 Å². The van der Waals surface area contributed by atoms with Crippen molar-refractivity contribution in [3.05, 3.63) is 114 Å². The standard InChI is InChI=1S/C32H33N3O3/c36-22-25-3-2-18-35(21-25)29-15-9-26(10-16-29)31(37)19-23-5-11-27(12-6-23)34-28-13-7-24(8-14-28)20-32(38)30-4-1-17-33-30/h1,4-17,25,33-34,36H,2-3,18-22H2. The Morgan fingerprint density at radius 3 is 2.05 bits per heavy atom. The number of nitrogens with zero attached hydrogens (tertiary/aromatic N) is 1. The van der Waals surface area contributed by atoms with Gasteiger partial charge in [-0.25, -0.2) is 0 Å². The molecule has 3 aromatic carbocycles. The van der Waals surface area contributed by atoms with E-state index in [9.17, 15) is 14.7 Å². The molecule has 1 atom stereocenters. The number of aromatic nitrogens is 1. The van der Waals surface area contributed by atoms with Gasteiger partial charge in [0.25, 0.3) is 0 Å². The van der Waals surface area contributed by atoms with Gasteiger partial charge in [0, 0.05) is 61.4 Å². The monoisotopic (exact) mass is 507 g/mol. The molecule has 0 spiro atoms. The molecule has 1 unspecified atom stereocenters. The van der Waals surface area contributed by atoms with Crippen molar-refractivity contribution in [1.29, 1.82) is 0 Å². The van der Waals surface area contributed by atoms with E-state index in [4.69, 9.17) is 0 Å². The Morgan fingerprint density at radius 1 is 0.842 bits per heavy atom. The predicted molar refractivity (Wildman–Crippen MR) is 151 cm³/mol. The van der Waals surface area contributed by atoms with Crippen molar-refractivity contribution in [3.8, 4) is 0 Å². The van der Waals surface area contributed by atoms with Gasteiger partial charge in [-0.1, -0.05) is 24.3 Å². The summed E-state index contributed by atoms with van der Waals surface area (Å²) in [7, 11) is 0. The molecule has 1 fully saturated rings. The van der Waals surface area contributed by atoms with Crippen molar-refractivity contribution < 1.29 is 14.7 Å². The maximum atomic E-state index is 12.9. The molecule has 194 valence electrons. The van der Waals surface area contributed by atoms with Gasteiger partial charge in [-0.3, -0.25) is 9.59 Å². The van der Waals surface area contributed by atoms with E-state index in [2.05, 4.69) is 15.2 Å². The maximum absolute atomic E-state index is 12.9. The highest BCUT2D eigenvalue weighted by Gasteiger charge is 2.19. The van der Waals surface area contributed by atoms with Gasteiger partial charge in [0.1, 0.15) is 0 Å². The first-order chi connectivity index (χ1) is 18.6. The molecule has 1 aliphatic heterocycles. The van der Waals surface area contributed by atoms with Crippen LogP contribution in [0.25, 0.3) is 0 Å². The van der Waals surface area contributed by atoms with Crippen LogP contribution in [0.3, 0.4) is 0 Å². The smallest absolute Gasteiger partial charge is 0.183 e. The van der Waals surface area contributed by atoms with Gasteiger partial charge in [0.05, 0.1) is 5.69 Å². The molecule has 0 aliphatic carbocycles. The molecule has 2 heterocycles. The van der Waals surface area contributed by atoms with Crippen LogP contribution in [0.5, 0.6) is 0 Å². The lowest BCUT2D eigenvalue weighted by molar-refractivity contribution is 0.0982. The Morgan fingerprint density at radius 2 is 1.47 bits per heavy atom. The maximum Gasteiger partial charge on any atom is 0.183 e. The number of hydrogen-bond acceptors (Lipinski definition) is 5. The highest BCUT2D eigenvalue weighted by molar-refractivity contribution is 5.98. The first-order valence-electron chi connectivity index (χ1n) is 13.2. The van der Waals surface area contributed by atoms with Crippen molar-refractivity contribution >= 4 is 28.6 Å². The number of anilines is 3. The van der Waals surface area contributed by atoms with Crippen molar-refractivity contribution in [1.82, 2.24) is 4.98 Å². The number of aromatic amines is 1. The number of hydrogen-bond donors (Lipinski definition) is 3. The molecule has 0 bridgehead atoms. The van der Waals surface area contributed by atoms with Crippen molar-refractivity contribution in [3.63, 3.8) is 0 Å². The number of piperidine rings is 1. The minimum atomic E-state index is 0.0648. The molecule has 1 aliphatic rings. The van der Waals surface area contributed by atoms with Gasteiger partial charge in [0.2, 0.25) is 0 Å². The molecular formula is C32H33N3O3. The summed E-state index contributed by atoms with van der Waals surface area (Å²) in [5.41, 5.74) is 6.23. The lowest BCUT2D eigenvalue weighted by atomic mass is 9.98. The van der Waals surface area contributed by atoms with Gasteiger partial charge in [-0.2, -0.15) is 0 Å². The third kappa shape index (κ3) is 6.39. The summed E-state index contributed by atoms with van der Waals surface area (Å²) in [4.78, 5) is 30.4. The number of aliphatic hydroxyl groups excluding tert-OH is 1. The molecule has 0 amide bonds. The molecule has 1 aromatic heterocycles. The zero-order chi connectivity index (χ0) is 26.3. The topological polar surface area (TPSA) is 85.4 Å². The fourth-order valence-electron chi connectivity index (χ4n) is 4.96. The fourth-order valence-corrected chi connectivity index (χ4v) is 4.96. The van der Waals surface area contributed by atoms with Crippen molar-refractivity contribution in [2.24, 2.45) is 5.92 Å². The van der Waals surface area contributed by atoms with Crippen LogP contribution in [0.1, 0.15) is 44.8 Å². The minimum absolute atomic E-state index is 0.0648. The lowest BCUT2D eigenvalue weighted by Crippen LogP contribution is -2.36. The average molecular weight is 508 g/mol. The Balaban J connectivity index is 1.13. The quantitative estimate of drug-likeness (QED) is 0.236. The second-order valence-corrected chi connectivity index (χ2v) is 9.99. The minimum Gasteiger partial charge on any atom is -0.396 e. The Kier molecular flexibility index (Phi) is 8.00. The first kappa shape index (κ1) is 25.5. The van der Waals surface area contributed by atoms with Gasteiger partial charge >= 0.3 is 0 Å². The highest BCUT2D eigenvalue weighted by atomic mass is 16.3. The summed E-state index contributed by atoms with van der Waals surface area (Å²) in [5.74, 6) is 0.483. The first-order valence-corrected chi connectivity index (χ1v) is 13.2. The number of ketones is 2. The molecule has 5 rings (SSSR count). The van der Waals surface area contributed by atoms with Crippen molar-refractivity contribution in [2.45, 2.75) is 25.7 Å². The normalized spacial score (nSPS) is 15.3. The van der Waals surface area contributed by atoms with E-state index in [0.29, 0.717) is 30.0 Å². The highest BCUT2D eigenvalue weighted by Crippen LogP contribution is 2.24. The van der Waals surface area contributed by atoms with Crippen molar-refractivity contribution in [2.75, 3.05) is 29.9 Å². The molecule has 0 saturated carbocycles. The van der Waals surface area contributed by atoms with E-state index in [1.54, 1.807) is 12.3 Å². The number of aliphatic hydroxyl groups is 1. The summed E-state index contributed by atoms with van der Waals surface area (Å²) in [6, 6.07) is 27.2. The van der Waals surface area contributed by atoms with Gasteiger partial charge in [-0.05, 0) is 90.6 Å². The van der Waals surface area contributed by atoms with E-state index in [1.807, 2.05) is 78.9 Å². The van der Waals surface area contributed by atoms with Crippen LogP contribution in [0.15, 0.2) is 91.1 Å².